The van der Waals surface area contributed by atoms with Gasteiger partial charge < -0.3 is 5.32 Å². The van der Waals surface area contributed by atoms with Gasteiger partial charge in [-0.3, -0.25) is 9.10 Å². The van der Waals surface area contributed by atoms with Crippen molar-refractivity contribution in [3.05, 3.63) is 58.1 Å². The van der Waals surface area contributed by atoms with Crippen LogP contribution in [0.1, 0.15) is 17.5 Å². The molecule has 8 heteroatoms. The Morgan fingerprint density at radius 2 is 1.82 bits per heavy atom. The summed E-state index contributed by atoms with van der Waals surface area (Å²) in [6.07, 6.45) is 1.91. The van der Waals surface area contributed by atoms with Crippen LogP contribution in [0.2, 0.25) is 0 Å². The molecule has 0 aliphatic heterocycles. The Labute approximate surface area is 180 Å². The molecule has 2 aromatic rings. The second kappa shape index (κ2) is 10.3. The maximum Gasteiger partial charge on any atom is 0.240 e. The number of sulfonamides is 1. The normalized spacial score (nSPS) is 11.3. The summed E-state index contributed by atoms with van der Waals surface area (Å²) in [6, 6.07) is 13.5. The fraction of sp³-hybridized carbons (Fsp3) is 0.350. The van der Waals surface area contributed by atoms with E-state index in [1.165, 1.54) is 10.5 Å². The predicted molar refractivity (Wildman–Crippen MR) is 121 cm³/mol. The highest BCUT2D eigenvalue weighted by atomic mass is 79.9. The molecule has 0 aliphatic rings. The summed E-state index contributed by atoms with van der Waals surface area (Å²) in [5.41, 5.74) is 2.61. The van der Waals surface area contributed by atoms with E-state index in [1.807, 2.05) is 6.92 Å². The van der Waals surface area contributed by atoms with Gasteiger partial charge in [-0.15, -0.1) is 11.8 Å². The Morgan fingerprint density at radius 3 is 2.43 bits per heavy atom. The number of hydrogen-bond donors (Lipinski definition) is 1. The molecule has 0 heterocycles. The molecule has 0 aliphatic carbocycles. The van der Waals surface area contributed by atoms with Crippen molar-refractivity contribution < 1.29 is 13.2 Å². The first-order valence-corrected chi connectivity index (χ1v) is 12.5. The van der Waals surface area contributed by atoms with Crippen LogP contribution in [-0.4, -0.2) is 39.4 Å². The molecule has 1 N–H and O–H groups in total. The zero-order chi connectivity index (χ0) is 20.7. The minimum absolute atomic E-state index is 0.231. The lowest BCUT2D eigenvalue weighted by atomic mass is 10.2. The third-order valence-electron chi connectivity index (χ3n) is 4.05. The average molecular weight is 485 g/mol. The summed E-state index contributed by atoms with van der Waals surface area (Å²) in [6.45, 7) is 4.21. The second-order valence-electron chi connectivity index (χ2n) is 6.57. The zero-order valence-corrected chi connectivity index (χ0v) is 19.5. The molecule has 28 heavy (non-hydrogen) atoms. The molecule has 2 rings (SSSR count). The van der Waals surface area contributed by atoms with E-state index in [2.05, 4.69) is 52.4 Å². The first-order chi connectivity index (χ1) is 13.2. The van der Waals surface area contributed by atoms with Gasteiger partial charge in [0.05, 0.1) is 11.9 Å². The van der Waals surface area contributed by atoms with Crippen molar-refractivity contribution >= 4 is 49.3 Å². The van der Waals surface area contributed by atoms with Gasteiger partial charge in [0.2, 0.25) is 15.9 Å². The van der Waals surface area contributed by atoms with Crippen molar-refractivity contribution in [3.8, 4) is 0 Å². The molecular weight excluding hydrogens is 460 g/mol. The lowest BCUT2D eigenvalue weighted by Crippen LogP contribution is -2.40. The summed E-state index contributed by atoms with van der Waals surface area (Å²) in [5.74, 6) is 0.566. The molecular formula is C20H25BrN2O3S2. The number of carbonyl (C=O) groups excluding carboxylic acids is 1. The highest BCUT2D eigenvalue weighted by Crippen LogP contribution is 2.24. The standard InChI is InChI=1S/C20H25BrN2O3S2/c1-15-5-8-18(9-6-15)27-12-4-11-22-20(24)14-23(28(3,25)26)17-7-10-19(21)16(2)13-17/h5-10,13H,4,11-12,14H2,1-3H3,(H,22,24). The number of hydrogen-bond acceptors (Lipinski definition) is 4. The van der Waals surface area contributed by atoms with E-state index in [1.54, 1.807) is 30.0 Å². The van der Waals surface area contributed by atoms with E-state index in [4.69, 9.17) is 0 Å². The Morgan fingerprint density at radius 1 is 1.14 bits per heavy atom. The van der Waals surface area contributed by atoms with Crippen LogP contribution in [0.25, 0.3) is 0 Å². The molecule has 0 unspecified atom stereocenters. The van der Waals surface area contributed by atoms with Gasteiger partial charge >= 0.3 is 0 Å². The summed E-state index contributed by atoms with van der Waals surface area (Å²) in [7, 11) is -3.56. The van der Waals surface area contributed by atoms with Crippen LogP contribution in [0.3, 0.4) is 0 Å². The first-order valence-electron chi connectivity index (χ1n) is 8.87. The maximum atomic E-state index is 12.3. The number of nitrogens with zero attached hydrogens (tertiary/aromatic N) is 1. The molecule has 2 aromatic carbocycles. The molecule has 0 atom stereocenters. The number of amides is 1. The third kappa shape index (κ3) is 7.14. The summed E-state index contributed by atoms with van der Waals surface area (Å²) < 4.78 is 26.3. The smallest absolute Gasteiger partial charge is 0.240 e. The van der Waals surface area contributed by atoms with E-state index in [9.17, 15) is 13.2 Å². The van der Waals surface area contributed by atoms with E-state index in [-0.39, 0.29) is 12.5 Å². The molecule has 0 aromatic heterocycles. The van der Waals surface area contributed by atoms with Gasteiger partial charge in [0, 0.05) is 15.9 Å². The number of anilines is 1. The van der Waals surface area contributed by atoms with Gasteiger partial charge in [-0.05, 0) is 61.9 Å². The van der Waals surface area contributed by atoms with Crippen molar-refractivity contribution in [2.75, 3.05) is 29.4 Å². The summed E-state index contributed by atoms with van der Waals surface area (Å²) in [5, 5.41) is 2.81. The minimum atomic E-state index is -3.56. The number of thioether (sulfide) groups is 1. The highest BCUT2D eigenvalue weighted by Gasteiger charge is 2.21. The number of aryl methyl sites for hydroxylation is 2. The topological polar surface area (TPSA) is 66.5 Å². The maximum absolute atomic E-state index is 12.3. The fourth-order valence-electron chi connectivity index (χ4n) is 2.49. The van der Waals surface area contributed by atoms with Crippen LogP contribution < -0.4 is 9.62 Å². The third-order valence-corrected chi connectivity index (χ3v) is 7.18. The lowest BCUT2D eigenvalue weighted by molar-refractivity contribution is -0.119. The molecule has 152 valence electrons. The van der Waals surface area contributed by atoms with Crippen LogP contribution in [0.15, 0.2) is 51.8 Å². The van der Waals surface area contributed by atoms with Crippen molar-refractivity contribution in [1.82, 2.24) is 5.32 Å². The van der Waals surface area contributed by atoms with Crippen molar-refractivity contribution in [2.24, 2.45) is 0 Å². The SMILES string of the molecule is Cc1ccc(SCCCNC(=O)CN(c2ccc(Br)c(C)c2)S(C)(=O)=O)cc1. The van der Waals surface area contributed by atoms with Crippen LogP contribution >= 0.6 is 27.7 Å². The van der Waals surface area contributed by atoms with E-state index < -0.39 is 10.0 Å². The molecule has 0 bridgehead atoms. The predicted octanol–water partition coefficient (Wildman–Crippen LogP) is 4.13. The van der Waals surface area contributed by atoms with Gasteiger partial charge in [0.25, 0.3) is 0 Å². The van der Waals surface area contributed by atoms with Crippen molar-refractivity contribution in [2.45, 2.75) is 25.2 Å². The number of halogens is 1. The largest absolute Gasteiger partial charge is 0.354 e. The molecule has 0 spiro atoms. The highest BCUT2D eigenvalue weighted by molar-refractivity contribution is 9.10. The van der Waals surface area contributed by atoms with Gasteiger partial charge in [-0.25, -0.2) is 8.42 Å². The molecule has 0 fully saturated rings. The monoisotopic (exact) mass is 484 g/mol. The van der Waals surface area contributed by atoms with Gasteiger partial charge in [-0.2, -0.15) is 0 Å². The molecule has 5 nitrogen and oxygen atoms in total. The van der Waals surface area contributed by atoms with Gasteiger partial charge in [0.15, 0.2) is 0 Å². The summed E-state index contributed by atoms with van der Waals surface area (Å²) in [4.78, 5) is 13.5. The van der Waals surface area contributed by atoms with E-state index in [0.717, 1.165) is 32.8 Å². The van der Waals surface area contributed by atoms with Crippen LogP contribution in [0.5, 0.6) is 0 Å². The zero-order valence-electron chi connectivity index (χ0n) is 16.2. The van der Waals surface area contributed by atoms with E-state index in [0.29, 0.717) is 12.2 Å². The van der Waals surface area contributed by atoms with Crippen LogP contribution in [0, 0.1) is 13.8 Å². The number of nitrogens with one attached hydrogen (secondary N) is 1. The quantitative estimate of drug-likeness (QED) is 0.429. The van der Waals surface area contributed by atoms with Crippen molar-refractivity contribution in [3.63, 3.8) is 0 Å². The first kappa shape index (κ1) is 22.8. The average Bonchev–Trinajstić information content (AvgIpc) is 2.62. The Hall–Kier alpha value is -1.51. The van der Waals surface area contributed by atoms with Crippen LogP contribution in [-0.2, 0) is 14.8 Å². The molecule has 0 radical (unpaired) electrons. The minimum Gasteiger partial charge on any atom is -0.354 e. The Balaban J connectivity index is 1.84. The fourth-order valence-corrected chi connectivity index (χ4v) is 4.44. The van der Waals surface area contributed by atoms with Crippen molar-refractivity contribution in [1.29, 1.82) is 0 Å². The molecule has 0 saturated heterocycles. The second-order valence-corrected chi connectivity index (χ2v) is 10.5. The van der Waals surface area contributed by atoms with Gasteiger partial charge in [-0.1, -0.05) is 33.6 Å². The Bertz CT molecular complexity index is 916. The van der Waals surface area contributed by atoms with Crippen LogP contribution in [0.4, 0.5) is 5.69 Å². The van der Waals surface area contributed by atoms with E-state index >= 15 is 0 Å². The number of carbonyl (C=O) groups is 1. The molecule has 1 amide bonds. The summed E-state index contributed by atoms with van der Waals surface area (Å²) >= 11 is 5.14. The lowest BCUT2D eigenvalue weighted by Gasteiger charge is -2.22. The number of benzene rings is 2. The van der Waals surface area contributed by atoms with Gasteiger partial charge in [0.1, 0.15) is 6.54 Å². The molecule has 0 saturated carbocycles. The number of rotatable bonds is 9. The Kier molecular flexibility index (Phi) is 8.39.